The van der Waals surface area contributed by atoms with Crippen molar-refractivity contribution in [2.75, 3.05) is 13.2 Å². The molecule has 0 saturated heterocycles. The summed E-state index contributed by atoms with van der Waals surface area (Å²) in [6.07, 6.45) is 7.17. The SMILES string of the molecule is C=C1C[C@@H](O)C(C=C=C[C@@H](O)CCC[C@H](C)O)[C@H]1CCCc1ccc(C(=O)OCCO)s1. The number of aryl methyl sites for hydroxylation is 1. The van der Waals surface area contributed by atoms with E-state index in [0.29, 0.717) is 24.1 Å². The molecule has 2 rings (SSSR count). The zero-order valence-corrected chi connectivity index (χ0v) is 19.6. The Morgan fingerprint density at radius 2 is 2.12 bits per heavy atom. The van der Waals surface area contributed by atoms with Gasteiger partial charge in [-0.15, -0.1) is 17.1 Å². The lowest BCUT2D eigenvalue weighted by atomic mass is 9.88. The monoisotopic (exact) mass is 464 g/mol. The van der Waals surface area contributed by atoms with E-state index in [1.807, 2.05) is 12.1 Å². The van der Waals surface area contributed by atoms with Gasteiger partial charge in [0.15, 0.2) is 0 Å². The van der Waals surface area contributed by atoms with Gasteiger partial charge in [0.25, 0.3) is 0 Å². The minimum Gasteiger partial charge on any atom is -0.459 e. The molecule has 1 saturated carbocycles. The van der Waals surface area contributed by atoms with E-state index in [1.165, 1.54) is 11.3 Å². The third-order valence-electron chi connectivity index (χ3n) is 5.73. The van der Waals surface area contributed by atoms with Gasteiger partial charge in [-0.2, -0.15) is 0 Å². The molecule has 1 aromatic heterocycles. The fraction of sp³-hybridized carbons (Fsp3) is 0.600. The van der Waals surface area contributed by atoms with Crippen LogP contribution in [-0.2, 0) is 11.2 Å². The summed E-state index contributed by atoms with van der Waals surface area (Å²) in [5.74, 6) is -0.323. The van der Waals surface area contributed by atoms with Crippen molar-refractivity contribution < 1.29 is 30.0 Å². The summed E-state index contributed by atoms with van der Waals surface area (Å²) < 4.78 is 4.94. The number of thiophene rings is 1. The lowest BCUT2D eigenvalue weighted by Crippen LogP contribution is -2.17. The van der Waals surface area contributed by atoms with Crippen molar-refractivity contribution in [2.24, 2.45) is 11.8 Å². The first-order chi connectivity index (χ1) is 15.3. The maximum Gasteiger partial charge on any atom is 0.348 e. The van der Waals surface area contributed by atoms with Gasteiger partial charge in [0.05, 0.1) is 24.9 Å². The molecule has 1 heterocycles. The molecule has 0 aromatic carbocycles. The van der Waals surface area contributed by atoms with Crippen LogP contribution in [-0.4, -0.2) is 57.9 Å². The van der Waals surface area contributed by atoms with Crippen molar-refractivity contribution in [2.45, 2.75) is 70.2 Å². The van der Waals surface area contributed by atoms with Gasteiger partial charge in [-0.1, -0.05) is 12.2 Å². The fourth-order valence-electron chi connectivity index (χ4n) is 4.03. The van der Waals surface area contributed by atoms with Crippen LogP contribution in [0.15, 0.2) is 42.2 Å². The Morgan fingerprint density at radius 3 is 2.84 bits per heavy atom. The summed E-state index contributed by atoms with van der Waals surface area (Å²) in [5.41, 5.74) is 4.10. The van der Waals surface area contributed by atoms with Crippen molar-refractivity contribution in [3.63, 3.8) is 0 Å². The summed E-state index contributed by atoms with van der Waals surface area (Å²) in [7, 11) is 0. The van der Waals surface area contributed by atoms with Crippen LogP contribution in [0.1, 0.15) is 60.0 Å². The van der Waals surface area contributed by atoms with E-state index in [0.717, 1.165) is 36.1 Å². The first-order valence-electron chi connectivity index (χ1n) is 11.3. The number of ether oxygens (including phenoxy) is 1. The molecule has 0 aliphatic heterocycles. The third-order valence-corrected chi connectivity index (χ3v) is 6.85. The second-order valence-electron chi connectivity index (χ2n) is 8.48. The van der Waals surface area contributed by atoms with Crippen LogP contribution in [0.3, 0.4) is 0 Å². The van der Waals surface area contributed by atoms with Crippen LogP contribution >= 0.6 is 11.3 Å². The number of aliphatic hydroxyl groups excluding tert-OH is 4. The molecule has 32 heavy (non-hydrogen) atoms. The van der Waals surface area contributed by atoms with E-state index in [9.17, 15) is 20.1 Å². The Labute approximate surface area is 194 Å². The molecule has 0 bridgehead atoms. The Hall–Kier alpha value is -1.73. The second kappa shape index (κ2) is 13.7. The van der Waals surface area contributed by atoms with Crippen LogP contribution in [0.4, 0.5) is 0 Å². The molecular formula is C25H36O6S. The van der Waals surface area contributed by atoms with E-state index in [4.69, 9.17) is 9.84 Å². The molecule has 6 nitrogen and oxygen atoms in total. The van der Waals surface area contributed by atoms with E-state index in [-0.39, 0.29) is 31.2 Å². The fourth-order valence-corrected chi connectivity index (χ4v) is 4.97. The smallest absolute Gasteiger partial charge is 0.348 e. The van der Waals surface area contributed by atoms with E-state index < -0.39 is 18.2 Å². The highest BCUT2D eigenvalue weighted by Gasteiger charge is 2.35. The van der Waals surface area contributed by atoms with Crippen LogP contribution in [0.25, 0.3) is 0 Å². The Morgan fingerprint density at radius 1 is 1.34 bits per heavy atom. The van der Waals surface area contributed by atoms with E-state index in [2.05, 4.69) is 12.3 Å². The van der Waals surface area contributed by atoms with Gasteiger partial charge in [-0.3, -0.25) is 0 Å². The predicted octanol–water partition coefficient (Wildman–Crippen LogP) is 3.40. The maximum absolute atomic E-state index is 11.9. The van der Waals surface area contributed by atoms with Crippen molar-refractivity contribution in [3.05, 3.63) is 51.9 Å². The predicted molar refractivity (Wildman–Crippen MR) is 126 cm³/mol. The summed E-state index contributed by atoms with van der Waals surface area (Å²) in [6.45, 7) is 5.70. The standard InChI is InChI=1S/C25H36O6S/c1-17-16-23(29)22(11-4-8-19(28)7-3-6-18(2)27)21(17)10-5-9-20-12-13-24(32-20)25(30)31-15-14-26/h8,11-13,18-19,21-23,26-29H,1,3,5-7,9-10,14-16H2,2H3/t4?,18-,19-,21-,22?,23+/m0/s1. The largest absolute Gasteiger partial charge is 0.459 e. The highest BCUT2D eigenvalue weighted by atomic mass is 32.1. The van der Waals surface area contributed by atoms with E-state index >= 15 is 0 Å². The minimum atomic E-state index is -0.609. The van der Waals surface area contributed by atoms with Crippen LogP contribution < -0.4 is 0 Å². The average Bonchev–Trinajstić information content (AvgIpc) is 3.31. The molecule has 7 heteroatoms. The number of hydrogen-bond donors (Lipinski definition) is 4. The lowest BCUT2D eigenvalue weighted by Gasteiger charge is -2.18. The molecular weight excluding hydrogens is 428 g/mol. The van der Waals surface area contributed by atoms with Crippen molar-refractivity contribution in [3.8, 4) is 0 Å². The first kappa shape index (κ1) is 26.5. The van der Waals surface area contributed by atoms with Gasteiger partial charge >= 0.3 is 5.97 Å². The number of rotatable bonds is 13. The summed E-state index contributed by atoms with van der Waals surface area (Å²) in [5, 5.41) is 38.5. The molecule has 178 valence electrons. The molecule has 1 fully saturated rings. The molecule has 0 amide bonds. The van der Waals surface area contributed by atoms with Gasteiger partial charge in [0.2, 0.25) is 0 Å². The zero-order valence-electron chi connectivity index (χ0n) is 18.8. The number of hydrogen-bond acceptors (Lipinski definition) is 7. The number of carbonyl (C=O) groups excluding carboxylic acids is 1. The Balaban J connectivity index is 1.86. The van der Waals surface area contributed by atoms with Crippen molar-refractivity contribution in [1.82, 2.24) is 0 Å². The molecule has 5 atom stereocenters. The van der Waals surface area contributed by atoms with Crippen LogP contribution in [0.2, 0.25) is 0 Å². The third kappa shape index (κ3) is 8.66. The zero-order chi connectivity index (χ0) is 23.5. The highest BCUT2D eigenvalue weighted by Crippen LogP contribution is 2.40. The highest BCUT2D eigenvalue weighted by molar-refractivity contribution is 7.13. The van der Waals surface area contributed by atoms with Gasteiger partial charge in [-0.05, 0) is 82.1 Å². The lowest BCUT2D eigenvalue weighted by molar-refractivity contribution is 0.0439. The number of esters is 1. The molecule has 4 N–H and O–H groups in total. The maximum atomic E-state index is 11.9. The molecule has 0 spiro atoms. The Kier molecular flexibility index (Phi) is 11.4. The van der Waals surface area contributed by atoms with Gasteiger partial charge in [0.1, 0.15) is 11.5 Å². The Bertz CT molecular complexity index is 792. The topological polar surface area (TPSA) is 107 Å². The van der Waals surface area contributed by atoms with E-state index in [1.54, 1.807) is 19.1 Å². The quantitative estimate of drug-likeness (QED) is 0.203. The minimum absolute atomic E-state index is 0.000427. The summed E-state index contributed by atoms with van der Waals surface area (Å²) in [4.78, 5) is 13.5. The summed E-state index contributed by atoms with van der Waals surface area (Å²) in [6, 6.07) is 3.68. The number of aliphatic hydroxyl groups is 4. The molecule has 1 aliphatic carbocycles. The second-order valence-corrected chi connectivity index (χ2v) is 9.65. The normalized spacial score (nSPS) is 22.3. The number of carbonyl (C=O) groups is 1. The van der Waals surface area contributed by atoms with Gasteiger partial charge in [-0.25, -0.2) is 4.79 Å². The van der Waals surface area contributed by atoms with Gasteiger partial charge in [0, 0.05) is 10.8 Å². The molecule has 1 unspecified atom stereocenters. The average molecular weight is 465 g/mol. The first-order valence-corrected chi connectivity index (χ1v) is 12.1. The van der Waals surface area contributed by atoms with Crippen LogP contribution in [0.5, 0.6) is 0 Å². The van der Waals surface area contributed by atoms with Crippen molar-refractivity contribution in [1.29, 1.82) is 0 Å². The van der Waals surface area contributed by atoms with Crippen molar-refractivity contribution >= 4 is 17.3 Å². The molecule has 1 aliphatic rings. The molecule has 1 aromatic rings. The summed E-state index contributed by atoms with van der Waals surface area (Å²) >= 11 is 1.40. The van der Waals surface area contributed by atoms with Gasteiger partial charge < -0.3 is 25.2 Å². The molecule has 0 radical (unpaired) electrons. The van der Waals surface area contributed by atoms with Crippen LogP contribution in [0, 0.1) is 11.8 Å².